The molecule has 0 aliphatic heterocycles. The van der Waals surface area contributed by atoms with Crippen molar-refractivity contribution in [2.75, 3.05) is 0 Å². The second-order valence-corrected chi connectivity index (χ2v) is 3.41. The second-order valence-electron chi connectivity index (χ2n) is 3.41. The van der Waals surface area contributed by atoms with E-state index in [1.165, 1.54) is 6.92 Å². The molecule has 0 aromatic rings. The minimum Gasteiger partial charge on any atom is -0.436 e. The first-order valence-corrected chi connectivity index (χ1v) is 3.66. The van der Waals surface area contributed by atoms with Crippen LogP contribution in [-0.2, 0) is 14.3 Å². The highest BCUT2D eigenvalue weighted by Crippen LogP contribution is 2.10. The Morgan fingerprint density at radius 2 is 1.82 bits per heavy atom. The summed E-state index contributed by atoms with van der Waals surface area (Å²) in [5.74, 6) is -0.318. The maximum Gasteiger partial charge on any atom is 0.304 e. The van der Waals surface area contributed by atoms with Gasteiger partial charge in [-0.2, -0.15) is 0 Å². The van der Waals surface area contributed by atoms with Crippen LogP contribution < -0.4 is 0 Å². The minimum absolute atomic E-state index is 0.269. The molecule has 0 saturated carbocycles. The van der Waals surface area contributed by atoms with Crippen molar-refractivity contribution in [2.24, 2.45) is 0 Å². The van der Waals surface area contributed by atoms with E-state index in [-0.39, 0.29) is 11.6 Å². The average molecular weight is 160 g/mol. The minimum atomic E-state index is -0.465. The molecule has 0 aromatic carbocycles. The zero-order valence-electron chi connectivity index (χ0n) is 7.80. The van der Waals surface area contributed by atoms with Crippen LogP contribution in [-0.4, -0.2) is 17.9 Å². The SMILES string of the molecule is CC(=O)OC(C)OC(C)(C)C. The van der Waals surface area contributed by atoms with Gasteiger partial charge in [0.25, 0.3) is 0 Å². The number of hydrogen-bond donors (Lipinski definition) is 0. The number of esters is 1. The summed E-state index contributed by atoms with van der Waals surface area (Å²) >= 11 is 0. The van der Waals surface area contributed by atoms with Crippen molar-refractivity contribution in [3.63, 3.8) is 0 Å². The van der Waals surface area contributed by atoms with Gasteiger partial charge >= 0.3 is 5.97 Å². The molecule has 0 N–H and O–H groups in total. The van der Waals surface area contributed by atoms with Gasteiger partial charge in [0.05, 0.1) is 5.60 Å². The molecule has 0 radical (unpaired) electrons. The van der Waals surface area contributed by atoms with Crippen molar-refractivity contribution in [2.45, 2.75) is 46.5 Å². The Bertz CT molecular complexity index is 135. The van der Waals surface area contributed by atoms with Crippen LogP contribution in [0.5, 0.6) is 0 Å². The first kappa shape index (κ1) is 10.4. The highest BCUT2D eigenvalue weighted by atomic mass is 16.7. The van der Waals surface area contributed by atoms with E-state index in [1.54, 1.807) is 6.92 Å². The summed E-state index contributed by atoms with van der Waals surface area (Å²) in [7, 11) is 0. The molecular formula is C8H16O3. The lowest BCUT2D eigenvalue weighted by Gasteiger charge is -2.24. The van der Waals surface area contributed by atoms with Crippen molar-refractivity contribution in [3.8, 4) is 0 Å². The molecule has 0 rings (SSSR count). The molecule has 3 heteroatoms. The quantitative estimate of drug-likeness (QED) is 0.455. The van der Waals surface area contributed by atoms with Crippen molar-refractivity contribution >= 4 is 5.97 Å². The number of carbonyl (C=O) groups is 1. The predicted molar refractivity (Wildman–Crippen MR) is 42.1 cm³/mol. The number of hydrogen-bond acceptors (Lipinski definition) is 3. The number of ether oxygens (including phenoxy) is 2. The number of rotatable bonds is 2. The van der Waals surface area contributed by atoms with E-state index in [2.05, 4.69) is 0 Å². The molecule has 66 valence electrons. The van der Waals surface area contributed by atoms with Gasteiger partial charge in [-0.1, -0.05) is 0 Å². The van der Waals surface area contributed by atoms with E-state index < -0.39 is 6.29 Å². The largest absolute Gasteiger partial charge is 0.436 e. The Labute approximate surface area is 67.7 Å². The monoisotopic (exact) mass is 160 g/mol. The van der Waals surface area contributed by atoms with Crippen molar-refractivity contribution < 1.29 is 14.3 Å². The van der Waals surface area contributed by atoms with Gasteiger partial charge < -0.3 is 9.47 Å². The van der Waals surface area contributed by atoms with Crippen molar-refractivity contribution in [3.05, 3.63) is 0 Å². The molecule has 0 aromatic heterocycles. The Hall–Kier alpha value is -0.570. The van der Waals surface area contributed by atoms with E-state index in [9.17, 15) is 4.79 Å². The highest BCUT2D eigenvalue weighted by molar-refractivity contribution is 5.65. The van der Waals surface area contributed by atoms with Gasteiger partial charge in [-0.15, -0.1) is 0 Å². The van der Waals surface area contributed by atoms with Gasteiger partial charge in [-0.3, -0.25) is 4.79 Å². The smallest absolute Gasteiger partial charge is 0.304 e. The summed E-state index contributed by atoms with van der Waals surface area (Å²) in [6.07, 6.45) is -0.465. The molecule has 3 nitrogen and oxygen atoms in total. The third-order valence-corrected chi connectivity index (χ3v) is 0.851. The Kier molecular flexibility index (Phi) is 3.52. The molecule has 1 unspecified atom stereocenters. The molecule has 1 atom stereocenters. The van der Waals surface area contributed by atoms with Gasteiger partial charge in [-0.25, -0.2) is 0 Å². The van der Waals surface area contributed by atoms with Crippen LogP contribution in [0.25, 0.3) is 0 Å². The van der Waals surface area contributed by atoms with Gasteiger partial charge in [0.15, 0.2) is 0 Å². The van der Waals surface area contributed by atoms with E-state index in [4.69, 9.17) is 9.47 Å². The van der Waals surface area contributed by atoms with E-state index in [1.807, 2.05) is 20.8 Å². The highest BCUT2D eigenvalue weighted by Gasteiger charge is 2.16. The van der Waals surface area contributed by atoms with Crippen LogP contribution >= 0.6 is 0 Å². The molecule has 0 bridgehead atoms. The number of carbonyl (C=O) groups excluding carboxylic acids is 1. The van der Waals surface area contributed by atoms with Crippen LogP contribution in [0.15, 0.2) is 0 Å². The van der Waals surface area contributed by atoms with Gasteiger partial charge in [0.1, 0.15) is 0 Å². The maximum absolute atomic E-state index is 10.4. The van der Waals surface area contributed by atoms with Crippen molar-refractivity contribution in [1.82, 2.24) is 0 Å². The lowest BCUT2D eigenvalue weighted by Crippen LogP contribution is -2.28. The topological polar surface area (TPSA) is 35.5 Å². The van der Waals surface area contributed by atoms with Crippen LogP contribution in [0.1, 0.15) is 34.6 Å². The second kappa shape index (κ2) is 3.72. The molecule has 11 heavy (non-hydrogen) atoms. The zero-order chi connectivity index (χ0) is 9.07. The molecule has 0 aliphatic rings. The average Bonchev–Trinajstić information content (AvgIpc) is 1.53. The van der Waals surface area contributed by atoms with Crippen LogP contribution in [0.3, 0.4) is 0 Å². The summed E-state index contributed by atoms with van der Waals surface area (Å²) in [5, 5.41) is 0. The first-order valence-electron chi connectivity index (χ1n) is 3.66. The molecular weight excluding hydrogens is 144 g/mol. The Balaban J connectivity index is 3.69. The summed E-state index contributed by atoms with van der Waals surface area (Å²) in [5.41, 5.74) is -0.269. The van der Waals surface area contributed by atoms with E-state index >= 15 is 0 Å². The molecule has 0 aliphatic carbocycles. The predicted octanol–water partition coefficient (Wildman–Crippen LogP) is 1.71. The fourth-order valence-electron chi connectivity index (χ4n) is 0.756. The standard InChI is InChI=1S/C8H16O3/c1-6(9)10-7(2)11-8(3,4)5/h7H,1-5H3. The van der Waals surface area contributed by atoms with Gasteiger partial charge in [-0.05, 0) is 27.7 Å². The van der Waals surface area contributed by atoms with Crippen LogP contribution in [0.4, 0.5) is 0 Å². The molecule has 0 fully saturated rings. The van der Waals surface area contributed by atoms with E-state index in [0.29, 0.717) is 0 Å². The lowest BCUT2D eigenvalue weighted by atomic mass is 10.2. The molecule has 0 spiro atoms. The normalized spacial score (nSPS) is 14.3. The maximum atomic E-state index is 10.4. The molecule has 0 heterocycles. The van der Waals surface area contributed by atoms with E-state index in [0.717, 1.165) is 0 Å². The fourth-order valence-corrected chi connectivity index (χ4v) is 0.756. The van der Waals surface area contributed by atoms with Crippen LogP contribution in [0, 0.1) is 0 Å². The third kappa shape index (κ3) is 7.33. The van der Waals surface area contributed by atoms with Gasteiger partial charge in [0, 0.05) is 6.92 Å². The summed E-state index contributed by atoms with van der Waals surface area (Å²) in [6, 6.07) is 0. The molecule has 0 saturated heterocycles. The summed E-state index contributed by atoms with van der Waals surface area (Å²) in [6.45, 7) is 8.79. The zero-order valence-corrected chi connectivity index (χ0v) is 7.80. The first-order chi connectivity index (χ1) is 4.81. The molecule has 0 amide bonds. The summed E-state index contributed by atoms with van der Waals surface area (Å²) in [4.78, 5) is 10.4. The van der Waals surface area contributed by atoms with Crippen molar-refractivity contribution in [1.29, 1.82) is 0 Å². The lowest BCUT2D eigenvalue weighted by molar-refractivity contribution is -0.194. The Morgan fingerprint density at radius 3 is 2.09 bits per heavy atom. The van der Waals surface area contributed by atoms with Crippen LogP contribution in [0.2, 0.25) is 0 Å². The third-order valence-electron chi connectivity index (χ3n) is 0.851. The Morgan fingerprint density at radius 1 is 1.36 bits per heavy atom. The fraction of sp³-hybridized carbons (Fsp3) is 0.875. The summed E-state index contributed by atoms with van der Waals surface area (Å²) < 4.78 is 10.1. The van der Waals surface area contributed by atoms with Gasteiger partial charge in [0.2, 0.25) is 6.29 Å².